The molecule has 0 saturated heterocycles. The van der Waals surface area contributed by atoms with Crippen molar-refractivity contribution in [1.29, 1.82) is 5.26 Å². The molecule has 0 fully saturated rings. The fourth-order valence-corrected chi connectivity index (χ4v) is 1.36. The Hall–Kier alpha value is -2.09. The van der Waals surface area contributed by atoms with Gasteiger partial charge in [0.15, 0.2) is 5.69 Å². The number of anilines is 1. The van der Waals surface area contributed by atoms with E-state index in [-0.39, 0.29) is 5.69 Å². The number of aliphatic carboxylic acids is 1. The van der Waals surface area contributed by atoms with Crippen molar-refractivity contribution >= 4 is 11.7 Å². The average molecular weight is 247 g/mol. The fraction of sp³-hybridized carbons (Fsp3) is 0.462. The van der Waals surface area contributed by atoms with Crippen LogP contribution in [0.4, 0.5) is 5.69 Å². The SMILES string of the molecule is CC(C)(Nc1cccnc1C#N)C(C)(C)C(=O)O. The molecule has 96 valence electrons. The number of carboxylic acid groups (broad SMARTS) is 1. The van der Waals surface area contributed by atoms with Crippen molar-refractivity contribution in [2.45, 2.75) is 33.2 Å². The third-order valence-electron chi connectivity index (χ3n) is 3.46. The number of nitrogens with one attached hydrogen (secondary N) is 1. The molecule has 0 radical (unpaired) electrons. The van der Waals surface area contributed by atoms with Gasteiger partial charge in [0, 0.05) is 11.7 Å². The quantitative estimate of drug-likeness (QED) is 0.852. The molecule has 1 heterocycles. The van der Waals surface area contributed by atoms with Crippen LogP contribution in [-0.4, -0.2) is 21.6 Å². The van der Waals surface area contributed by atoms with Crippen LogP contribution in [0.25, 0.3) is 0 Å². The van der Waals surface area contributed by atoms with Crippen molar-refractivity contribution in [3.05, 3.63) is 24.0 Å². The van der Waals surface area contributed by atoms with Crippen molar-refractivity contribution in [2.24, 2.45) is 5.41 Å². The smallest absolute Gasteiger partial charge is 0.311 e. The standard InChI is InChI=1S/C13H17N3O2/c1-12(2,11(17)18)13(3,4)16-9-6-5-7-15-10(9)8-14/h5-7,16H,1-4H3,(H,17,18). The number of aromatic nitrogens is 1. The van der Waals surface area contributed by atoms with E-state index >= 15 is 0 Å². The molecule has 2 N–H and O–H groups in total. The molecular formula is C13H17N3O2. The second-order valence-corrected chi connectivity index (χ2v) is 5.19. The summed E-state index contributed by atoms with van der Waals surface area (Å²) in [6, 6.07) is 5.39. The molecule has 5 nitrogen and oxygen atoms in total. The first-order valence-corrected chi connectivity index (χ1v) is 5.59. The van der Waals surface area contributed by atoms with Crippen LogP contribution in [0.15, 0.2) is 18.3 Å². The van der Waals surface area contributed by atoms with Crippen LogP contribution in [0.5, 0.6) is 0 Å². The van der Waals surface area contributed by atoms with Crippen LogP contribution in [-0.2, 0) is 4.79 Å². The number of rotatable bonds is 4. The maximum atomic E-state index is 11.3. The second-order valence-electron chi connectivity index (χ2n) is 5.19. The zero-order chi connectivity index (χ0) is 14.0. The van der Waals surface area contributed by atoms with E-state index in [4.69, 9.17) is 5.26 Å². The van der Waals surface area contributed by atoms with Gasteiger partial charge in [0.05, 0.1) is 11.1 Å². The molecule has 1 rings (SSSR count). The highest BCUT2D eigenvalue weighted by Gasteiger charge is 2.43. The van der Waals surface area contributed by atoms with Crippen molar-refractivity contribution in [2.75, 3.05) is 5.32 Å². The Balaban J connectivity index is 3.11. The molecule has 1 aromatic rings. The predicted octanol–water partition coefficient (Wildman–Crippen LogP) is 2.25. The van der Waals surface area contributed by atoms with Gasteiger partial charge in [0.2, 0.25) is 0 Å². The van der Waals surface area contributed by atoms with Gasteiger partial charge in [-0.15, -0.1) is 0 Å². The van der Waals surface area contributed by atoms with Gasteiger partial charge in [-0.25, -0.2) is 4.98 Å². The van der Waals surface area contributed by atoms with E-state index in [1.165, 1.54) is 6.20 Å². The van der Waals surface area contributed by atoms with Gasteiger partial charge < -0.3 is 10.4 Å². The number of nitriles is 1. The summed E-state index contributed by atoms with van der Waals surface area (Å²) in [5.41, 5.74) is -0.922. The Labute approximate surface area is 106 Å². The maximum absolute atomic E-state index is 11.3. The van der Waals surface area contributed by atoms with E-state index in [2.05, 4.69) is 10.3 Å². The Morgan fingerprint density at radius 1 is 1.44 bits per heavy atom. The molecule has 0 aliphatic rings. The van der Waals surface area contributed by atoms with E-state index in [0.29, 0.717) is 5.69 Å². The van der Waals surface area contributed by atoms with Crippen LogP contribution < -0.4 is 5.32 Å². The van der Waals surface area contributed by atoms with Crippen LogP contribution >= 0.6 is 0 Å². The molecule has 5 heteroatoms. The predicted molar refractivity (Wildman–Crippen MR) is 68.1 cm³/mol. The normalized spacial score (nSPS) is 11.7. The van der Waals surface area contributed by atoms with E-state index in [0.717, 1.165) is 0 Å². The summed E-state index contributed by atoms with van der Waals surface area (Å²) in [6.45, 7) is 6.86. The molecule has 18 heavy (non-hydrogen) atoms. The molecule has 1 aromatic heterocycles. The number of hydrogen-bond acceptors (Lipinski definition) is 4. The van der Waals surface area contributed by atoms with Gasteiger partial charge in [-0.05, 0) is 39.8 Å². The van der Waals surface area contributed by atoms with Crippen molar-refractivity contribution < 1.29 is 9.90 Å². The average Bonchev–Trinajstić information content (AvgIpc) is 2.28. The van der Waals surface area contributed by atoms with Gasteiger partial charge >= 0.3 is 5.97 Å². The zero-order valence-electron chi connectivity index (χ0n) is 11.0. The molecule has 0 spiro atoms. The summed E-state index contributed by atoms with van der Waals surface area (Å²) in [6.07, 6.45) is 1.53. The van der Waals surface area contributed by atoms with Crippen molar-refractivity contribution in [1.82, 2.24) is 4.98 Å². The van der Waals surface area contributed by atoms with Gasteiger partial charge in [-0.2, -0.15) is 5.26 Å². The van der Waals surface area contributed by atoms with Gasteiger partial charge in [-0.1, -0.05) is 0 Å². The minimum atomic E-state index is -0.991. The summed E-state index contributed by atoms with van der Waals surface area (Å²) in [7, 11) is 0. The van der Waals surface area contributed by atoms with Crippen LogP contribution in [0.1, 0.15) is 33.4 Å². The fourth-order valence-electron chi connectivity index (χ4n) is 1.36. The lowest BCUT2D eigenvalue weighted by molar-refractivity contribution is -0.149. The first-order valence-electron chi connectivity index (χ1n) is 5.59. The highest BCUT2D eigenvalue weighted by atomic mass is 16.4. The second kappa shape index (κ2) is 4.65. The zero-order valence-corrected chi connectivity index (χ0v) is 11.0. The number of carbonyl (C=O) groups is 1. The minimum Gasteiger partial charge on any atom is -0.481 e. The Morgan fingerprint density at radius 3 is 2.56 bits per heavy atom. The maximum Gasteiger partial charge on any atom is 0.311 e. The first-order chi connectivity index (χ1) is 8.22. The highest BCUT2D eigenvalue weighted by molar-refractivity contribution is 5.76. The third-order valence-corrected chi connectivity index (χ3v) is 3.46. The molecule has 0 amide bonds. The number of hydrogen-bond donors (Lipinski definition) is 2. The summed E-state index contributed by atoms with van der Waals surface area (Å²) in [5.74, 6) is -0.901. The first kappa shape index (κ1) is 14.0. The van der Waals surface area contributed by atoms with Crippen molar-refractivity contribution in [3.8, 4) is 6.07 Å². The largest absolute Gasteiger partial charge is 0.481 e. The Kier molecular flexibility index (Phi) is 3.61. The molecular weight excluding hydrogens is 230 g/mol. The van der Waals surface area contributed by atoms with Crippen molar-refractivity contribution in [3.63, 3.8) is 0 Å². The van der Waals surface area contributed by atoms with E-state index in [1.54, 1.807) is 39.8 Å². The lowest BCUT2D eigenvalue weighted by Gasteiger charge is -2.39. The van der Waals surface area contributed by atoms with E-state index in [9.17, 15) is 9.90 Å². The van der Waals surface area contributed by atoms with E-state index in [1.807, 2.05) is 6.07 Å². The molecule has 0 unspecified atom stereocenters. The lowest BCUT2D eigenvalue weighted by Crippen LogP contribution is -2.50. The van der Waals surface area contributed by atoms with Gasteiger partial charge in [0.25, 0.3) is 0 Å². The molecule has 0 atom stereocenters. The Morgan fingerprint density at radius 2 is 2.06 bits per heavy atom. The number of carboxylic acids is 1. The van der Waals surface area contributed by atoms with Crippen LogP contribution in [0.3, 0.4) is 0 Å². The lowest BCUT2D eigenvalue weighted by atomic mass is 9.74. The third kappa shape index (κ3) is 2.43. The van der Waals surface area contributed by atoms with Gasteiger partial charge in [0.1, 0.15) is 6.07 Å². The summed E-state index contributed by atoms with van der Waals surface area (Å²) in [5, 5.41) is 21.3. The molecule has 0 bridgehead atoms. The summed E-state index contributed by atoms with van der Waals surface area (Å²) >= 11 is 0. The van der Waals surface area contributed by atoms with Crippen LogP contribution in [0, 0.1) is 16.7 Å². The highest BCUT2D eigenvalue weighted by Crippen LogP contribution is 2.34. The number of nitrogens with zero attached hydrogens (tertiary/aromatic N) is 2. The summed E-state index contributed by atoms with van der Waals surface area (Å²) in [4.78, 5) is 15.2. The monoisotopic (exact) mass is 247 g/mol. The molecule has 0 aliphatic carbocycles. The van der Waals surface area contributed by atoms with E-state index < -0.39 is 16.9 Å². The Bertz CT molecular complexity index is 501. The molecule has 0 aliphatic heterocycles. The van der Waals surface area contributed by atoms with Crippen LogP contribution in [0.2, 0.25) is 0 Å². The topological polar surface area (TPSA) is 86.0 Å². The number of pyridine rings is 1. The molecule has 0 aromatic carbocycles. The minimum absolute atomic E-state index is 0.256. The van der Waals surface area contributed by atoms with Gasteiger partial charge in [-0.3, -0.25) is 4.79 Å². The molecule has 0 saturated carbocycles. The summed E-state index contributed by atoms with van der Waals surface area (Å²) < 4.78 is 0.